The van der Waals surface area contributed by atoms with E-state index in [9.17, 15) is 9.59 Å². The first-order chi connectivity index (χ1) is 13.8. The summed E-state index contributed by atoms with van der Waals surface area (Å²) >= 11 is 0. The average Bonchev–Trinajstić information content (AvgIpc) is 3.26. The number of anilines is 2. The molecule has 4 rings (SSSR count). The van der Waals surface area contributed by atoms with Gasteiger partial charge in [-0.3, -0.25) is 14.3 Å². The molecule has 1 aliphatic carbocycles. The molecule has 1 aromatic carbocycles. The second kappa shape index (κ2) is 7.21. The third-order valence-electron chi connectivity index (χ3n) is 5.39. The molecule has 0 spiro atoms. The zero-order valence-electron chi connectivity index (χ0n) is 17.5. The maximum atomic E-state index is 13.1. The van der Waals surface area contributed by atoms with Crippen molar-refractivity contribution in [3.05, 3.63) is 35.7 Å². The van der Waals surface area contributed by atoms with Gasteiger partial charge in [0.05, 0.1) is 24.0 Å². The lowest BCUT2D eigenvalue weighted by Gasteiger charge is -2.22. The number of methoxy groups -OCH3 is 1. The molecule has 0 atom stereocenters. The Labute approximate surface area is 171 Å². The van der Waals surface area contributed by atoms with Crippen LogP contribution in [0.2, 0.25) is 0 Å². The molecule has 1 saturated heterocycles. The highest BCUT2D eigenvalue weighted by atomic mass is 16.5. The highest BCUT2D eigenvalue weighted by Gasteiger charge is 2.31. The summed E-state index contributed by atoms with van der Waals surface area (Å²) in [5.41, 5.74) is 2.61. The Hall–Kier alpha value is -2.83. The largest absolute Gasteiger partial charge is 0.494 e. The fourth-order valence-corrected chi connectivity index (χ4v) is 3.73. The molecule has 1 aliphatic heterocycles. The zero-order valence-corrected chi connectivity index (χ0v) is 17.5. The lowest BCUT2D eigenvalue weighted by atomic mass is 10.1. The van der Waals surface area contributed by atoms with Gasteiger partial charge in [0, 0.05) is 30.6 Å². The van der Waals surface area contributed by atoms with Crippen molar-refractivity contribution in [2.45, 2.75) is 57.9 Å². The predicted octanol–water partition coefficient (Wildman–Crippen LogP) is 3.90. The third kappa shape index (κ3) is 3.86. The van der Waals surface area contributed by atoms with E-state index in [-0.39, 0.29) is 17.4 Å². The highest BCUT2D eigenvalue weighted by Crippen LogP contribution is 2.40. The van der Waals surface area contributed by atoms with Crippen LogP contribution in [0.1, 0.15) is 68.6 Å². The lowest BCUT2D eigenvalue weighted by molar-refractivity contribution is -0.117. The van der Waals surface area contributed by atoms with Gasteiger partial charge in [0.25, 0.3) is 5.91 Å². The van der Waals surface area contributed by atoms with E-state index in [2.05, 4.69) is 5.32 Å². The van der Waals surface area contributed by atoms with Crippen LogP contribution in [-0.4, -0.2) is 35.2 Å². The molecule has 0 unspecified atom stereocenters. The molecule has 7 nitrogen and oxygen atoms in total. The first-order valence-electron chi connectivity index (χ1n) is 10.2. The van der Waals surface area contributed by atoms with E-state index >= 15 is 0 Å². The molecule has 1 saturated carbocycles. The minimum absolute atomic E-state index is 0.0989. The van der Waals surface area contributed by atoms with Crippen LogP contribution in [0.4, 0.5) is 11.4 Å². The van der Waals surface area contributed by atoms with E-state index in [1.807, 2.05) is 37.6 Å². The minimum Gasteiger partial charge on any atom is -0.494 e. The number of aromatic nitrogens is 2. The van der Waals surface area contributed by atoms with Crippen LogP contribution >= 0.6 is 0 Å². The summed E-state index contributed by atoms with van der Waals surface area (Å²) in [6.07, 6.45) is 3.68. The molecule has 1 N–H and O–H groups in total. The van der Waals surface area contributed by atoms with Crippen molar-refractivity contribution >= 4 is 23.2 Å². The van der Waals surface area contributed by atoms with Gasteiger partial charge >= 0.3 is 0 Å². The zero-order chi connectivity index (χ0) is 20.8. The van der Waals surface area contributed by atoms with Crippen LogP contribution in [0.15, 0.2) is 24.3 Å². The number of ether oxygens (including phenoxy) is 1. The fraction of sp³-hybridized carbons (Fsp3) is 0.500. The molecule has 2 amide bonds. The smallest absolute Gasteiger partial charge is 0.273 e. The molecule has 2 aliphatic rings. The summed E-state index contributed by atoms with van der Waals surface area (Å²) < 4.78 is 7.30. The van der Waals surface area contributed by atoms with Crippen LogP contribution in [0.5, 0.6) is 5.75 Å². The number of nitrogens with zero attached hydrogens (tertiary/aromatic N) is 3. The van der Waals surface area contributed by atoms with Crippen molar-refractivity contribution in [1.82, 2.24) is 9.78 Å². The van der Waals surface area contributed by atoms with Crippen molar-refractivity contribution in [1.29, 1.82) is 0 Å². The Morgan fingerprint density at radius 1 is 1.24 bits per heavy atom. The Kier molecular flexibility index (Phi) is 4.84. The van der Waals surface area contributed by atoms with Gasteiger partial charge in [0.1, 0.15) is 11.4 Å². The van der Waals surface area contributed by atoms with Gasteiger partial charge in [-0.05, 0) is 58.2 Å². The summed E-state index contributed by atoms with van der Waals surface area (Å²) in [6, 6.07) is 7.31. The molecule has 2 fully saturated rings. The van der Waals surface area contributed by atoms with Gasteiger partial charge < -0.3 is 15.0 Å². The Balaban J connectivity index is 1.59. The van der Waals surface area contributed by atoms with E-state index in [4.69, 9.17) is 9.84 Å². The molecule has 2 aromatic rings. The van der Waals surface area contributed by atoms with Crippen LogP contribution in [0.3, 0.4) is 0 Å². The molecule has 7 heteroatoms. The summed E-state index contributed by atoms with van der Waals surface area (Å²) in [6.45, 7) is 6.81. The van der Waals surface area contributed by atoms with Gasteiger partial charge in [-0.25, -0.2) is 0 Å². The van der Waals surface area contributed by atoms with Crippen LogP contribution in [0, 0.1) is 0 Å². The first-order valence-corrected chi connectivity index (χ1v) is 10.2. The number of hydrogen-bond donors (Lipinski definition) is 1. The first kappa shape index (κ1) is 19.5. The number of rotatable bonds is 5. The molecule has 0 radical (unpaired) electrons. The maximum absolute atomic E-state index is 13.1. The number of carbonyl (C=O) groups is 2. The Morgan fingerprint density at radius 2 is 2.00 bits per heavy atom. The van der Waals surface area contributed by atoms with Crippen molar-refractivity contribution in [2.24, 2.45) is 0 Å². The van der Waals surface area contributed by atoms with Crippen molar-refractivity contribution in [3.63, 3.8) is 0 Å². The normalized spacial score (nSPS) is 17.0. The number of benzene rings is 1. The Bertz CT molecular complexity index is 953. The fourth-order valence-electron chi connectivity index (χ4n) is 3.73. The van der Waals surface area contributed by atoms with E-state index in [0.717, 1.165) is 30.6 Å². The summed E-state index contributed by atoms with van der Waals surface area (Å²) in [7, 11) is 1.57. The molecular weight excluding hydrogens is 368 g/mol. The van der Waals surface area contributed by atoms with Gasteiger partial charge in [-0.1, -0.05) is 0 Å². The maximum Gasteiger partial charge on any atom is 0.273 e. The van der Waals surface area contributed by atoms with Gasteiger partial charge in [0.15, 0.2) is 0 Å². The van der Waals surface area contributed by atoms with E-state index in [1.54, 1.807) is 24.1 Å². The average molecular weight is 396 g/mol. The standard InChI is InChI=1S/C22H28N4O3/c1-22(2,3)26-18(13-16(24-26)14-7-8-14)21(28)23-15-9-10-17(19(12-15)29-4)25-11-5-6-20(25)27/h9-10,12-14H,5-8,11H2,1-4H3,(H,23,28). The Morgan fingerprint density at radius 3 is 2.59 bits per heavy atom. The van der Waals surface area contributed by atoms with Crippen LogP contribution in [0.25, 0.3) is 0 Å². The summed E-state index contributed by atoms with van der Waals surface area (Å²) in [4.78, 5) is 26.9. The number of nitrogens with one attached hydrogen (secondary N) is 1. The number of amides is 2. The summed E-state index contributed by atoms with van der Waals surface area (Å²) in [5, 5.41) is 7.67. The molecule has 1 aromatic heterocycles. The second-order valence-electron chi connectivity index (χ2n) is 8.80. The molecule has 0 bridgehead atoms. The second-order valence-corrected chi connectivity index (χ2v) is 8.80. The number of hydrogen-bond acceptors (Lipinski definition) is 4. The van der Waals surface area contributed by atoms with Gasteiger partial charge in [0.2, 0.25) is 5.91 Å². The predicted molar refractivity (Wildman–Crippen MR) is 112 cm³/mol. The quantitative estimate of drug-likeness (QED) is 0.831. The minimum atomic E-state index is -0.294. The number of carbonyl (C=O) groups excluding carboxylic acids is 2. The lowest BCUT2D eigenvalue weighted by Crippen LogP contribution is -2.29. The van der Waals surface area contributed by atoms with E-state index in [1.165, 1.54) is 0 Å². The van der Waals surface area contributed by atoms with Crippen molar-refractivity contribution < 1.29 is 14.3 Å². The van der Waals surface area contributed by atoms with Crippen molar-refractivity contribution in [2.75, 3.05) is 23.9 Å². The van der Waals surface area contributed by atoms with E-state index in [0.29, 0.717) is 36.0 Å². The highest BCUT2D eigenvalue weighted by molar-refractivity contribution is 6.04. The van der Waals surface area contributed by atoms with Gasteiger partial charge in [-0.15, -0.1) is 0 Å². The molecular formula is C22H28N4O3. The topological polar surface area (TPSA) is 76.5 Å². The van der Waals surface area contributed by atoms with E-state index < -0.39 is 0 Å². The SMILES string of the molecule is COc1cc(NC(=O)c2cc(C3CC3)nn2C(C)(C)C)ccc1N1CCCC1=O. The van der Waals surface area contributed by atoms with Crippen LogP contribution in [-0.2, 0) is 10.3 Å². The monoisotopic (exact) mass is 396 g/mol. The van der Waals surface area contributed by atoms with Gasteiger partial charge in [-0.2, -0.15) is 5.10 Å². The molecule has 154 valence electrons. The van der Waals surface area contributed by atoms with Crippen molar-refractivity contribution in [3.8, 4) is 5.75 Å². The molecule has 2 heterocycles. The van der Waals surface area contributed by atoms with Crippen LogP contribution < -0.4 is 15.0 Å². The molecule has 29 heavy (non-hydrogen) atoms. The third-order valence-corrected chi connectivity index (χ3v) is 5.39. The summed E-state index contributed by atoms with van der Waals surface area (Å²) in [5.74, 6) is 0.941.